The number of hydrogen-bond acceptors (Lipinski definition) is 3. The third-order valence-electron chi connectivity index (χ3n) is 2.76. The molecule has 0 spiro atoms. The van der Waals surface area contributed by atoms with Crippen molar-refractivity contribution in [2.75, 3.05) is 45.8 Å². The minimum Gasteiger partial charge on any atom is -0.330 e. The molecule has 2 N–H and O–H groups in total. The number of halogens is 2. The summed E-state index contributed by atoms with van der Waals surface area (Å²) in [5, 5.41) is 0. The summed E-state index contributed by atoms with van der Waals surface area (Å²) in [6.45, 7) is 5.09. The monoisotopic (exact) mass is 221 g/mol. The Morgan fingerprint density at radius 3 is 2.40 bits per heavy atom. The Kier molecular flexibility index (Phi) is 6.05. The lowest BCUT2D eigenvalue weighted by molar-refractivity contribution is 0.0899. The van der Waals surface area contributed by atoms with Crippen molar-refractivity contribution in [2.45, 2.75) is 19.3 Å². The molecular weight excluding hydrogens is 200 g/mol. The second kappa shape index (κ2) is 7.09. The molecule has 3 nitrogen and oxygen atoms in total. The predicted molar refractivity (Wildman–Crippen MR) is 57.2 cm³/mol. The summed E-state index contributed by atoms with van der Waals surface area (Å²) >= 11 is 0. The molecule has 90 valence electrons. The Morgan fingerprint density at radius 1 is 1.07 bits per heavy atom. The highest BCUT2D eigenvalue weighted by atomic mass is 19.3. The standard InChI is InChI=1S/C10H21F2N3/c11-10(12)9-15-6-2-5-14(7-8-15)4-1-3-13/h10H,1-9,13H2. The lowest BCUT2D eigenvalue weighted by atomic mass is 10.3. The average Bonchev–Trinajstić information content (AvgIpc) is 2.40. The molecule has 1 aliphatic rings. The van der Waals surface area contributed by atoms with Crippen molar-refractivity contribution in [3.8, 4) is 0 Å². The van der Waals surface area contributed by atoms with Crippen molar-refractivity contribution >= 4 is 0 Å². The van der Waals surface area contributed by atoms with Crippen LogP contribution in [0.1, 0.15) is 12.8 Å². The second-order valence-corrected chi connectivity index (χ2v) is 4.03. The van der Waals surface area contributed by atoms with Crippen molar-refractivity contribution in [1.29, 1.82) is 0 Å². The van der Waals surface area contributed by atoms with Gasteiger partial charge in [-0.1, -0.05) is 0 Å². The molecule has 5 heteroatoms. The van der Waals surface area contributed by atoms with Gasteiger partial charge in [0, 0.05) is 13.1 Å². The summed E-state index contributed by atoms with van der Waals surface area (Å²) in [5.74, 6) is 0. The summed E-state index contributed by atoms with van der Waals surface area (Å²) in [4.78, 5) is 4.17. The van der Waals surface area contributed by atoms with E-state index < -0.39 is 6.43 Å². The van der Waals surface area contributed by atoms with Crippen LogP contribution in [-0.4, -0.2) is 62.0 Å². The Labute approximate surface area is 90.2 Å². The second-order valence-electron chi connectivity index (χ2n) is 4.03. The Morgan fingerprint density at radius 2 is 1.73 bits per heavy atom. The summed E-state index contributed by atoms with van der Waals surface area (Å²) in [7, 11) is 0. The molecule has 1 heterocycles. The minimum absolute atomic E-state index is 0.0786. The van der Waals surface area contributed by atoms with E-state index in [2.05, 4.69) is 4.90 Å². The summed E-state index contributed by atoms with van der Waals surface area (Å²) < 4.78 is 24.4. The third kappa shape index (κ3) is 5.39. The Hall–Kier alpha value is -0.260. The van der Waals surface area contributed by atoms with Crippen LogP contribution >= 0.6 is 0 Å². The van der Waals surface area contributed by atoms with Crippen LogP contribution in [0.25, 0.3) is 0 Å². The molecule has 0 saturated carbocycles. The molecule has 1 saturated heterocycles. The highest BCUT2D eigenvalue weighted by Gasteiger charge is 2.16. The molecule has 0 aromatic heterocycles. The maximum atomic E-state index is 12.2. The van der Waals surface area contributed by atoms with Crippen LogP contribution in [0.3, 0.4) is 0 Å². The molecular formula is C10H21F2N3. The van der Waals surface area contributed by atoms with Gasteiger partial charge in [0.25, 0.3) is 6.43 Å². The van der Waals surface area contributed by atoms with Crippen LogP contribution in [0, 0.1) is 0 Å². The van der Waals surface area contributed by atoms with E-state index in [4.69, 9.17) is 5.73 Å². The molecule has 0 aliphatic carbocycles. The molecule has 0 aromatic carbocycles. The van der Waals surface area contributed by atoms with Gasteiger partial charge in [-0.15, -0.1) is 0 Å². The largest absolute Gasteiger partial charge is 0.330 e. The van der Waals surface area contributed by atoms with Gasteiger partial charge in [0.05, 0.1) is 6.54 Å². The molecule has 0 atom stereocenters. The van der Waals surface area contributed by atoms with Gasteiger partial charge in [0.1, 0.15) is 0 Å². The van der Waals surface area contributed by atoms with Gasteiger partial charge in [0.2, 0.25) is 0 Å². The van der Waals surface area contributed by atoms with E-state index in [1.54, 1.807) is 0 Å². The summed E-state index contributed by atoms with van der Waals surface area (Å²) in [6.07, 6.45) is -0.229. The molecule has 1 aliphatic heterocycles. The first-order valence-electron chi connectivity index (χ1n) is 5.65. The van der Waals surface area contributed by atoms with Crippen LogP contribution in [0.4, 0.5) is 8.78 Å². The predicted octanol–water partition coefficient (Wildman–Crippen LogP) is 0.608. The van der Waals surface area contributed by atoms with Gasteiger partial charge in [-0.05, 0) is 39.0 Å². The molecule has 1 fully saturated rings. The van der Waals surface area contributed by atoms with Crippen LogP contribution < -0.4 is 5.73 Å². The first-order valence-corrected chi connectivity index (χ1v) is 5.65. The van der Waals surface area contributed by atoms with E-state index >= 15 is 0 Å². The van der Waals surface area contributed by atoms with Gasteiger partial charge in [0.15, 0.2) is 0 Å². The average molecular weight is 221 g/mol. The van der Waals surface area contributed by atoms with Crippen molar-refractivity contribution in [3.05, 3.63) is 0 Å². The normalized spacial score (nSPS) is 20.8. The SMILES string of the molecule is NCCCN1CCCN(CC(F)F)CC1. The van der Waals surface area contributed by atoms with Crippen molar-refractivity contribution in [2.24, 2.45) is 5.73 Å². The fourth-order valence-corrected chi connectivity index (χ4v) is 1.94. The van der Waals surface area contributed by atoms with E-state index in [9.17, 15) is 8.78 Å². The van der Waals surface area contributed by atoms with Crippen molar-refractivity contribution in [1.82, 2.24) is 9.80 Å². The molecule has 15 heavy (non-hydrogen) atoms. The van der Waals surface area contributed by atoms with Crippen molar-refractivity contribution in [3.63, 3.8) is 0 Å². The molecule has 0 radical (unpaired) electrons. The van der Waals surface area contributed by atoms with E-state index in [0.717, 1.165) is 45.6 Å². The first kappa shape index (κ1) is 12.8. The van der Waals surface area contributed by atoms with Gasteiger partial charge < -0.3 is 10.6 Å². The fraction of sp³-hybridized carbons (Fsp3) is 1.00. The first-order chi connectivity index (χ1) is 7.22. The van der Waals surface area contributed by atoms with Crippen molar-refractivity contribution < 1.29 is 8.78 Å². The molecule has 0 unspecified atom stereocenters. The van der Waals surface area contributed by atoms with E-state index in [0.29, 0.717) is 6.54 Å². The number of nitrogens with zero attached hydrogens (tertiary/aromatic N) is 2. The molecule has 0 aromatic rings. The lowest BCUT2D eigenvalue weighted by Crippen LogP contribution is -2.34. The van der Waals surface area contributed by atoms with Crippen LogP contribution in [-0.2, 0) is 0 Å². The molecule has 1 rings (SSSR count). The Bertz CT molecular complexity index is 167. The van der Waals surface area contributed by atoms with Gasteiger partial charge in [-0.3, -0.25) is 4.90 Å². The zero-order valence-electron chi connectivity index (χ0n) is 9.17. The molecule has 0 bridgehead atoms. The number of alkyl halides is 2. The van der Waals surface area contributed by atoms with Crippen LogP contribution in [0.2, 0.25) is 0 Å². The minimum atomic E-state index is -2.21. The van der Waals surface area contributed by atoms with Crippen LogP contribution in [0.15, 0.2) is 0 Å². The highest BCUT2D eigenvalue weighted by molar-refractivity contribution is 4.70. The number of hydrogen-bond donors (Lipinski definition) is 1. The van der Waals surface area contributed by atoms with Gasteiger partial charge >= 0.3 is 0 Å². The smallest absolute Gasteiger partial charge is 0.251 e. The lowest BCUT2D eigenvalue weighted by Gasteiger charge is -2.21. The fourth-order valence-electron chi connectivity index (χ4n) is 1.94. The Balaban J connectivity index is 2.22. The summed E-state index contributed by atoms with van der Waals surface area (Å²) in [6, 6.07) is 0. The highest BCUT2D eigenvalue weighted by Crippen LogP contribution is 2.05. The van der Waals surface area contributed by atoms with E-state index in [-0.39, 0.29) is 6.54 Å². The van der Waals surface area contributed by atoms with Crippen LogP contribution in [0.5, 0.6) is 0 Å². The van der Waals surface area contributed by atoms with E-state index in [1.165, 1.54) is 0 Å². The number of rotatable bonds is 5. The van der Waals surface area contributed by atoms with Gasteiger partial charge in [-0.2, -0.15) is 0 Å². The van der Waals surface area contributed by atoms with Gasteiger partial charge in [-0.25, -0.2) is 8.78 Å². The maximum Gasteiger partial charge on any atom is 0.251 e. The zero-order valence-corrected chi connectivity index (χ0v) is 9.17. The zero-order chi connectivity index (χ0) is 11.1. The number of nitrogens with two attached hydrogens (primary N) is 1. The maximum absolute atomic E-state index is 12.2. The quantitative estimate of drug-likeness (QED) is 0.738. The topological polar surface area (TPSA) is 32.5 Å². The third-order valence-corrected chi connectivity index (χ3v) is 2.76. The summed E-state index contributed by atoms with van der Waals surface area (Å²) in [5.41, 5.74) is 5.44. The van der Waals surface area contributed by atoms with E-state index in [1.807, 2.05) is 4.90 Å². The molecule has 0 amide bonds.